The largest absolute Gasteiger partial charge is 0.496 e. The van der Waals surface area contributed by atoms with Crippen LogP contribution < -0.4 is 4.74 Å². The van der Waals surface area contributed by atoms with E-state index in [0.717, 1.165) is 11.1 Å². The Balaban J connectivity index is 2.32. The third kappa shape index (κ3) is 3.27. The van der Waals surface area contributed by atoms with Crippen LogP contribution in [0.2, 0.25) is 0 Å². The highest BCUT2D eigenvalue weighted by Gasteiger charge is 2.10. The van der Waals surface area contributed by atoms with Crippen molar-refractivity contribution in [3.05, 3.63) is 65.1 Å². The maximum absolute atomic E-state index is 12.2. The third-order valence-electron chi connectivity index (χ3n) is 2.92. The van der Waals surface area contributed by atoms with Gasteiger partial charge in [0.1, 0.15) is 5.75 Å². The predicted molar refractivity (Wildman–Crippen MR) is 80.4 cm³/mol. The number of methoxy groups -OCH3 is 1. The zero-order valence-corrected chi connectivity index (χ0v) is 12.2. The second-order valence-corrected chi connectivity index (χ2v) is 6.24. The molecule has 0 atom stereocenters. The Morgan fingerprint density at radius 2 is 1.65 bits per heavy atom. The Labute approximate surface area is 119 Å². The number of ether oxygens (including phenoxy) is 1. The second-order valence-electron chi connectivity index (χ2n) is 4.40. The van der Waals surface area contributed by atoms with Gasteiger partial charge in [-0.15, -0.1) is 0 Å². The molecular weight excluding hydrogens is 272 g/mol. The summed E-state index contributed by atoms with van der Waals surface area (Å²) in [5, 5.41) is 1.20. The minimum Gasteiger partial charge on any atom is -0.496 e. The van der Waals surface area contributed by atoms with Gasteiger partial charge in [0.25, 0.3) is 0 Å². The molecule has 0 aromatic heterocycles. The van der Waals surface area contributed by atoms with Crippen LogP contribution >= 0.6 is 0 Å². The summed E-state index contributed by atoms with van der Waals surface area (Å²) in [7, 11) is -1.88. The molecule has 0 spiro atoms. The Kier molecular flexibility index (Phi) is 4.25. The lowest BCUT2D eigenvalue weighted by Gasteiger charge is -2.04. The highest BCUT2D eigenvalue weighted by Crippen LogP contribution is 2.21. The molecule has 0 radical (unpaired) electrons. The lowest BCUT2D eigenvalue weighted by atomic mass is 10.2. The van der Waals surface area contributed by atoms with Crippen molar-refractivity contribution in [1.82, 2.24) is 0 Å². The van der Waals surface area contributed by atoms with E-state index in [1.807, 2.05) is 19.1 Å². The summed E-state index contributed by atoms with van der Waals surface area (Å²) in [5.74, 6) is 0.642. The topological polar surface area (TPSA) is 43.4 Å². The first kappa shape index (κ1) is 14.3. The van der Waals surface area contributed by atoms with Crippen molar-refractivity contribution in [2.75, 3.05) is 7.11 Å². The zero-order chi connectivity index (χ0) is 14.6. The van der Waals surface area contributed by atoms with Crippen molar-refractivity contribution in [1.29, 1.82) is 0 Å². The van der Waals surface area contributed by atoms with Crippen LogP contribution in [-0.4, -0.2) is 15.5 Å². The number of para-hydroxylation sites is 1. The molecule has 0 aliphatic rings. The molecule has 2 aromatic rings. The van der Waals surface area contributed by atoms with E-state index in [0.29, 0.717) is 5.75 Å². The number of rotatable bonds is 4. The number of sulfone groups is 1. The van der Waals surface area contributed by atoms with Gasteiger partial charge in [0.2, 0.25) is 0 Å². The summed E-state index contributed by atoms with van der Waals surface area (Å²) in [4.78, 5) is 0.286. The number of hydrogen-bond acceptors (Lipinski definition) is 3. The average molecular weight is 288 g/mol. The van der Waals surface area contributed by atoms with E-state index in [2.05, 4.69) is 0 Å². The van der Waals surface area contributed by atoms with E-state index in [9.17, 15) is 8.42 Å². The fraction of sp³-hybridized carbons (Fsp3) is 0.125. The summed E-state index contributed by atoms with van der Waals surface area (Å²) in [6.07, 6.45) is 1.55. The van der Waals surface area contributed by atoms with Gasteiger partial charge in [-0.1, -0.05) is 35.9 Å². The SMILES string of the molecule is COc1ccccc1/C=C/S(=O)(=O)c1ccc(C)cc1. The molecule has 0 fully saturated rings. The van der Waals surface area contributed by atoms with Crippen molar-refractivity contribution in [3.8, 4) is 5.75 Å². The number of hydrogen-bond donors (Lipinski definition) is 0. The Bertz CT molecular complexity index is 714. The second kappa shape index (κ2) is 5.92. The first-order valence-corrected chi connectivity index (χ1v) is 7.70. The molecule has 20 heavy (non-hydrogen) atoms. The molecule has 0 amide bonds. The molecule has 2 aromatic carbocycles. The third-order valence-corrected chi connectivity index (χ3v) is 4.34. The quantitative estimate of drug-likeness (QED) is 0.865. The maximum atomic E-state index is 12.2. The smallest absolute Gasteiger partial charge is 0.199 e. The molecule has 4 heteroatoms. The molecule has 2 rings (SSSR count). The van der Waals surface area contributed by atoms with Gasteiger partial charge in [-0.05, 0) is 31.2 Å². The van der Waals surface area contributed by atoms with Crippen molar-refractivity contribution in [2.45, 2.75) is 11.8 Å². The summed E-state index contributed by atoms with van der Waals surface area (Å²) in [5.41, 5.74) is 1.75. The van der Waals surface area contributed by atoms with Gasteiger partial charge in [-0.25, -0.2) is 8.42 Å². The van der Waals surface area contributed by atoms with Gasteiger partial charge in [0.15, 0.2) is 9.84 Å². The molecule has 0 saturated heterocycles. The van der Waals surface area contributed by atoms with Crippen LogP contribution in [0.1, 0.15) is 11.1 Å². The monoisotopic (exact) mass is 288 g/mol. The highest BCUT2D eigenvalue weighted by atomic mass is 32.2. The van der Waals surface area contributed by atoms with E-state index in [4.69, 9.17) is 4.74 Å². The van der Waals surface area contributed by atoms with Crippen LogP contribution in [0.4, 0.5) is 0 Å². The van der Waals surface area contributed by atoms with Crippen LogP contribution in [0.3, 0.4) is 0 Å². The standard InChI is InChI=1S/C16H16O3S/c1-13-7-9-15(10-8-13)20(17,18)12-11-14-5-3-4-6-16(14)19-2/h3-12H,1-2H3/b12-11+. The molecule has 0 N–H and O–H groups in total. The van der Waals surface area contributed by atoms with Gasteiger partial charge in [-0.3, -0.25) is 0 Å². The van der Waals surface area contributed by atoms with Gasteiger partial charge >= 0.3 is 0 Å². The van der Waals surface area contributed by atoms with Gasteiger partial charge in [0.05, 0.1) is 12.0 Å². The molecule has 0 unspecified atom stereocenters. The molecule has 0 aliphatic carbocycles. The first-order chi connectivity index (χ1) is 9.53. The average Bonchev–Trinajstić information content (AvgIpc) is 2.46. The Hall–Kier alpha value is -2.07. The van der Waals surface area contributed by atoms with Crippen LogP contribution in [0.15, 0.2) is 58.8 Å². The Morgan fingerprint density at radius 1 is 1.00 bits per heavy atom. The molecule has 0 saturated carbocycles. The number of benzene rings is 2. The fourth-order valence-electron chi connectivity index (χ4n) is 1.77. The summed E-state index contributed by atoms with van der Waals surface area (Å²) < 4.78 is 29.6. The Morgan fingerprint density at radius 3 is 2.30 bits per heavy atom. The van der Waals surface area contributed by atoms with E-state index in [1.165, 1.54) is 5.41 Å². The van der Waals surface area contributed by atoms with Crippen LogP contribution in [0, 0.1) is 6.92 Å². The molecule has 0 heterocycles. The van der Waals surface area contributed by atoms with E-state index in [1.54, 1.807) is 49.6 Å². The zero-order valence-electron chi connectivity index (χ0n) is 11.4. The van der Waals surface area contributed by atoms with Crippen molar-refractivity contribution in [3.63, 3.8) is 0 Å². The lowest BCUT2D eigenvalue weighted by molar-refractivity contribution is 0.414. The molecular formula is C16H16O3S. The highest BCUT2D eigenvalue weighted by molar-refractivity contribution is 7.94. The summed E-state index contributed by atoms with van der Waals surface area (Å²) >= 11 is 0. The molecule has 0 aliphatic heterocycles. The summed E-state index contributed by atoms with van der Waals surface area (Å²) in [6.45, 7) is 1.92. The normalized spacial score (nSPS) is 11.7. The number of aryl methyl sites for hydroxylation is 1. The van der Waals surface area contributed by atoms with Crippen molar-refractivity contribution in [2.24, 2.45) is 0 Å². The van der Waals surface area contributed by atoms with Crippen molar-refractivity contribution >= 4 is 15.9 Å². The van der Waals surface area contributed by atoms with E-state index >= 15 is 0 Å². The van der Waals surface area contributed by atoms with Gasteiger partial charge < -0.3 is 4.74 Å². The van der Waals surface area contributed by atoms with E-state index in [-0.39, 0.29) is 4.90 Å². The van der Waals surface area contributed by atoms with Crippen LogP contribution in [0.5, 0.6) is 5.75 Å². The minimum atomic E-state index is -3.44. The minimum absolute atomic E-state index is 0.286. The van der Waals surface area contributed by atoms with Gasteiger partial charge in [0, 0.05) is 11.0 Å². The summed E-state index contributed by atoms with van der Waals surface area (Å²) in [6, 6.07) is 14.0. The molecule has 0 bridgehead atoms. The van der Waals surface area contributed by atoms with Crippen LogP contribution in [-0.2, 0) is 9.84 Å². The van der Waals surface area contributed by atoms with Crippen molar-refractivity contribution < 1.29 is 13.2 Å². The molecule has 3 nitrogen and oxygen atoms in total. The lowest BCUT2D eigenvalue weighted by Crippen LogP contribution is -1.96. The van der Waals surface area contributed by atoms with E-state index < -0.39 is 9.84 Å². The fourth-order valence-corrected chi connectivity index (χ4v) is 2.77. The van der Waals surface area contributed by atoms with Gasteiger partial charge in [-0.2, -0.15) is 0 Å². The molecule has 104 valence electrons. The maximum Gasteiger partial charge on any atom is 0.199 e. The first-order valence-electron chi connectivity index (χ1n) is 6.16. The predicted octanol–water partition coefficient (Wildman–Crippen LogP) is 3.45. The van der Waals surface area contributed by atoms with Crippen LogP contribution in [0.25, 0.3) is 6.08 Å².